The Labute approximate surface area is 104 Å². The van der Waals surface area contributed by atoms with E-state index in [4.69, 9.17) is 11.6 Å². The Morgan fingerprint density at radius 1 is 1.69 bits per heavy atom. The number of carbonyl (C=O) groups excluding carboxylic acids is 1. The third-order valence-electron chi connectivity index (χ3n) is 2.69. The van der Waals surface area contributed by atoms with Crippen molar-refractivity contribution in [2.75, 3.05) is 11.2 Å². The SMILES string of the molecule is CC(C)(CCl)C(=O)Nc1nc(C2CC2)cs1. The smallest absolute Gasteiger partial charge is 0.233 e. The number of halogens is 1. The highest BCUT2D eigenvalue weighted by Crippen LogP contribution is 2.41. The van der Waals surface area contributed by atoms with E-state index in [1.807, 2.05) is 19.2 Å². The van der Waals surface area contributed by atoms with E-state index >= 15 is 0 Å². The van der Waals surface area contributed by atoms with Gasteiger partial charge in [0.2, 0.25) is 5.91 Å². The molecule has 5 heteroatoms. The molecule has 2 rings (SSSR count). The van der Waals surface area contributed by atoms with Gasteiger partial charge in [0, 0.05) is 17.2 Å². The molecule has 1 N–H and O–H groups in total. The minimum absolute atomic E-state index is 0.0702. The third-order valence-corrected chi connectivity index (χ3v) is 4.13. The molecule has 1 saturated carbocycles. The van der Waals surface area contributed by atoms with Crippen molar-refractivity contribution in [1.82, 2.24) is 4.98 Å². The van der Waals surface area contributed by atoms with Crippen LogP contribution in [0.3, 0.4) is 0 Å². The summed E-state index contributed by atoms with van der Waals surface area (Å²) >= 11 is 7.23. The second-order valence-electron chi connectivity index (χ2n) is 4.82. The molecule has 16 heavy (non-hydrogen) atoms. The molecular weight excluding hydrogens is 244 g/mol. The molecule has 0 unspecified atom stereocenters. The van der Waals surface area contributed by atoms with Crippen molar-refractivity contribution < 1.29 is 4.79 Å². The van der Waals surface area contributed by atoms with E-state index in [0.29, 0.717) is 16.9 Å². The van der Waals surface area contributed by atoms with Crippen molar-refractivity contribution in [1.29, 1.82) is 0 Å². The number of hydrogen-bond acceptors (Lipinski definition) is 3. The lowest BCUT2D eigenvalue weighted by atomic mass is 9.95. The van der Waals surface area contributed by atoms with Gasteiger partial charge in [-0.15, -0.1) is 22.9 Å². The molecule has 0 radical (unpaired) electrons. The minimum atomic E-state index is -0.549. The highest BCUT2D eigenvalue weighted by atomic mass is 35.5. The van der Waals surface area contributed by atoms with E-state index in [2.05, 4.69) is 10.3 Å². The van der Waals surface area contributed by atoms with Gasteiger partial charge >= 0.3 is 0 Å². The molecule has 1 aliphatic rings. The van der Waals surface area contributed by atoms with Crippen molar-refractivity contribution in [3.63, 3.8) is 0 Å². The van der Waals surface area contributed by atoms with Crippen LogP contribution in [0.4, 0.5) is 5.13 Å². The normalized spacial score (nSPS) is 16.2. The van der Waals surface area contributed by atoms with Crippen LogP contribution in [0.5, 0.6) is 0 Å². The number of amides is 1. The van der Waals surface area contributed by atoms with Crippen molar-refractivity contribution in [2.45, 2.75) is 32.6 Å². The Bertz CT molecular complexity index is 398. The van der Waals surface area contributed by atoms with Crippen molar-refractivity contribution in [3.05, 3.63) is 11.1 Å². The standard InChI is InChI=1S/C11H15ClN2OS/c1-11(2,6-12)9(15)14-10-13-8(5-16-10)7-3-4-7/h5,7H,3-4,6H2,1-2H3,(H,13,14,15). The summed E-state index contributed by atoms with van der Waals surface area (Å²) in [5.41, 5.74) is 0.566. The Morgan fingerprint density at radius 2 is 2.38 bits per heavy atom. The summed E-state index contributed by atoms with van der Waals surface area (Å²) in [6.07, 6.45) is 2.45. The topological polar surface area (TPSA) is 42.0 Å². The van der Waals surface area contributed by atoms with Crippen LogP contribution in [0.15, 0.2) is 5.38 Å². The lowest BCUT2D eigenvalue weighted by molar-refractivity contribution is -0.122. The molecule has 0 saturated heterocycles. The number of nitrogens with zero attached hydrogens (tertiary/aromatic N) is 1. The van der Waals surface area contributed by atoms with Crippen molar-refractivity contribution >= 4 is 34.0 Å². The van der Waals surface area contributed by atoms with Crippen LogP contribution in [0.2, 0.25) is 0 Å². The number of carbonyl (C=O) groups is 1. The Morgan fingerprint density at radius 3 is 2.94 bits per heavy atom. The number of alkyl halides is 1. The summed E-state index contributed by atoms with van der Waals surface area (Å²) in [5.74, 6) is 0.863. The molecule has 1 aliphatic carbocycles. The Balaban J connectivity index is 2.00. The zero-order valence-electron chi connectivity index (χ0n) is 9.42. The van der Waals surface area contributed by atoms with Crippen LogP contribution < -0.4 is 5.32 Å². The largest absolute Gasteiger partial charge is 0.301 e. The van der Waals surface area contributed by atoms with Crippen LogP contribution in [0, 0.1) is 5.41 Å². The number of thiazole rings is 1. The zero-order chi connectivity index (χ0) is 11.8. The maximum Gasteiger partial charge on any atom is 0.233 e. The summed E-state index contributed by atoms with van der Waals surface area (Å²) in [6.45, 7) is 3.65. The van der Waals surface area contributed by atoms with Gasteiger partial charge in [0.15, 0.2) is 5.13 Å². The molecule has 1 amide bonds. The Kier molecular flexibility index (Phi) is 3.22. The second-order valence-corrected chi connectivity index (χ2v) is 5.95. The van der Waals surface area contributed by atoms with Gasteiger partial charge in [0.1, 0.15) is 0 Å². The fraction of sp³-hybridized carbons (Fsp3) is 0.636. The zero-order valence-corrected chi connectivity index (χ0v) is 11.0. The molecule has 88 valence electrons. The maximum atomic E-state index is 11.8. The van der Waals surface area contributed by atoms with Crippen LogP contribution >= 0.6 is 22.9 Å². The van der Waals surface area contributed by atoms with E-state index in [0.717, 1.165) is 5.69 Å². The van der Waals surface area contributed by atoms with Crippen molar-refractivity contribution in [2.24, 2.45) is 5.41 Å². The highest BCUT2D eigenvalue weighted by molar-refractivity contribution is 7.13. The monoisotopic (exact) mass is 258 g/mol. The first kappa shape index (κ1) is 11.9. The van der Waals surface area contributed by atoms with Gasteiger partial charge in [0.05, 0.1) is 11.1 Å². The molecule has 1 heterocycles. The summed E-state index contributed by atoms with van der Waals surface area (Å²) in [6, 6.07) is 0. The maximum absolute atomic E-state index is 11.8. The number of hydrogen-bond donors (Lipinski definition) is 1. The molecule has 0 atom stereocenters. The fourth-order valence-corrected chi connectivity index (χ4v) is 2.15. The predicted octanol–water partition coefficient (Wildman–Crippen LogP) is 3.22. The van der Waals surface area contributed by atoms with Crippen LogP contribution in [0.25, 0.3) is 0 Å². The van der Waals surface area contributed by atoms with Gasteiger partial charge in [0.25, 0.3) is 0 Å². The van der Waals surface area contributed by atoms with Gasteiger partial charge in [-0.05, 0) is 26.7 Å². The molecule has 0 aliphatic heterocycles. The molecule has 1 aromatic rings. The molecule has 1 fully saturated rings. The Hall–Kier alpha value is -0.610. The van der Waals surface area contributed by atoms with Gasteiger partial charge < -0.3 is 5.32 Å². The molecule has 0 spiro atoms. The van der Waals surface area contributed by atoms with Crippen LogP contribution in [-0.2, 0) is 4.79 Å². The lowest BCUT2D eigenvalue weighted by Gasteiger charge is -2.18. The quantitative estimate of drug-likeness (QED) is 0.843. The number of nitrogens with one attached hydrogen (secondary N) is 1. The van der Waals surface area contributed by atoms with Gasteiger partial charge in [-0.1, -0.05) is 0 Å². The molecule has 0 aromatic carbocycles. The second kappa shape index (κ2) is 4.34. The summed E-state index contributed by atoms with van der Waals surface area (Å²) in [4.78, 5) is 16.2. The van der Waals surface area contributed by atoms with Gasteiger partial charge in [-0.25, -0.2) is 4.98 Å². The predicted molar refractivity (Wildman–Crippen MR) is 67.2 cm³/mol. The molecule has 3 nitrogen and oxygen atoms in total. The first-order valence-electron chi connectivity index (χ1n) is 5.36. The van der Waals surface area contributed by atoms with Crippen LogP contribution in [0.1, 0.15) is 38.3 Å². The summed E-state index contributed by atoms with van der Waals surface area (Å²) in [5, 5.41) is 5.53. The first-order valence-corrected chi connectivity index (χ1v) is 6.77. The summed E-state index contributed by atoms with van der Waals surface area (Å²) in [7, 11) is 0. The van der Waals surface area contributed by atoms with E-state index in [-0.39, 0.29) is 5.91 Å². The molecule has 1 aromatic heterocycles. The average Bonchev–Trinajstić information content (AvgIpc) is 3.00. The molecule has 0 bridgehead atoms. The van der Waals surface area contributed by atoms with E-state index in [1.165, 1.54) is 24.2 Å². The number of rotatable bonds is 4. The number of anilines is 1. The lowest BCUT2D eigenvalue weighted by Crippen LogP contribution is -2.32. The fourth-order valence-electron chi connectivity index (χ4n) is 1.24. The first-order chi connectivity index (χ1) is 7.53. The average molecular weight is 259 g/mol. The van der Waals surface area contributed by atoms with E-state index < -0.39 is 5.41 Å². The van der Waals surface area contributed by atoms with Gasteiger partial charge in [-0.2, -0.15) is 0 Å². The van der Waals surface area contributed by atoms with Gasteiger partial charge in [-0.3, -0.25) is 4.79 Å². The minimum Gasteiger partial charge on any atom is -0.301 e. The van der Waals surface area contributed by atoms with E-state index in [1.54, 1.807) is 0 Å². The number of aromatic nitrogens is 1. The van der Waals surface area contributed by atoms with Crippen LogP contribution in [-0.4, -0.2) is 16.8 Å². The highest BCUT2D eigenvalue weighted by Gasteiger charge is 2.29. The molecular formula is C11H15ClN2OS. The summed E-state index contributed by atoms with van der Waals surface area (Å²) < 4.78 is 0. The third kappa shape index (κ3) is 2.55. The van der Waals surface area contributed by atoms with Crippen molar-refractivity contribution in [3.8, 4) is 0 Å². The van der Waals surface area contributed by atoms with E-state index in [9.17, 15) is 4.79 Å².